The molecule has 0 saturated carbocycles. The van der Waals surface area contributed by atoms with E-state index in [9.17, 15) is 9.59 Å². The number of amides is 2. The van der Waals surface area contributed by atoms with E-state index in [1.807, 2.05) is 0 Å². The van der Waals surface area contributed by atoms with Crippen LogP contribution in [0.15, 0.2) is 0 Å². The molecular formula is C12H22N2O4. The van der Waals surface area contributed by atoms with Crippen molar-refractivity contribution in [2.75, 3.05) is 40.0 Å². The van der Waals surface area contributed by atoms with Crippen LogP contribution in [0.1, 0.15) is 19.8 Å². The minimum absolute atomic E-state index is 0.138. The molecule has 0 aromatic heterocycles. The minimum atomic E-state index is -0.202. The zero-order valence-electron chi connectivity index (χ0n) is 11.1. The monoisotopic (exact) mass is 258 g/mol. The predicted molar refractivity (Wildman–Crippen MR) is 66.2 cm³/mol. The molecule has 104 valence electrons. The second-order valence-electron chi connectivity index (χ2n) is 4.26. The lowest BCUT2D eigenvalue weighted by molar-refractivity contribution is -0.149. The summed E-state index contributed by atoms with van der Waals surface area (Å²) in [5.74, 6) is -0.390. The number of likely N-dealkylation sites (tertiary alicyclic amines) is 1. The molecule has 0 bridgehead atoms. The Morgan fingerprint density at radius 2 is 2.22 bits per heavy atom. The number of hydrogen-bond donors (Lipinski definition) is 1. The van der Waals surface area contributed by atoms with Crippen LogP contribution in [-0.4, -0.2) is 56.9 Å². The maximum absolute atomic E-state index is 11.8. The lowest BCUT2D eigenvalue weighted by atomic mass is 9.98. The number of nitrogens with zero attached hydrogens (tertiary/aromatic N) is 1. The number of ether oxygens (including phenoxy) is 2. The van der Waals surface area contributed by atoms with Gasteiger partial charge in [0, 0.05) is 26.7 Å². The van der Waals surface area contributed by atoms with Crippen LogP contribution in [0.3, 0.4) is 0 Å². The second kappa shape index (κ2) is 7.92. The van der Waals surface area contributed by atoms with Crippen LogP contribution in [0, 0.1) is 5.92 Å². The first kappa shape index (κ1) is 14.8. The normalized spacial score (nSPS) is 19.4. The first-order valence-corrected chi connectivity index (χ1v) is 6.37. The van der Waals surface area contributed by atoms with Gasteiger partial charge in [0.25, 0.3) is 0 Å². The quantitative estimate of drug-likeness (QED) is 0.580. The van der Waals surface area contributed by atoms with E-state index < -0.39 is 0 Å². The van der Waals surface area contributed by atoms with Crippen LogP contribution in [0.2, 0.25) is 0 Å². The summed E-state index contributed by atoms with van der Waals surface area (Å²) in [6.07, 6.45) is 1.63. The fraction of sp³-hybridized carbons (Fsp3) is 0.833. The molecule has 0 aromatic rings. The summed E-state index contributed by atoms with van der Waals surface area (Å²) in [7, 11) is 1.59. The van der Waals surface area contributed by atoms with Crippen LogP contribution < -0.4 is 5.32 Å². The Bertz CT molecular complexity index is 283. The van der Waals surface area contributed by atoms with Crippen LogP contribution in [0.4, 0.5) is 4.79 Å². The summed E-state index contributed by atoms with van der Waals surface area (Å²) >= 11 is 0. The van der Waals surface area contributed by atoms with Crippen molar-refractivity contribution in [1.29, 1.82) is 0 Å². The fourth-order valence-electron chi connectivity index (χ4n) is 1.99. The van der Waals surface area contributed by atoms with Gasteiger partial charge in [-0.25, -0.2) is 4.79 Å². The number of piperidine rings is 1. The van der Waals surface area contributed by atoms with Crippen molar-refractivity contribution >= 4 is 12.0 Å². The van der Waals surface area contributed by atoms with E-state index in [-0.39, 0.29) is 17.9 Å². The highest BCUT2D eigenvalue weighted by Gasteiger charge is 2.29. The van der Waals surface area contributed by atoms with Crippen LogP contribution in [0.5, 0.6) is 0 Å². The zero-order valence-corrected chi connectivity index (χ0v) is 11.1. The van der Waals surface area contributed by atoms with E-state index >= 15 is 0 Å². The Labute approximate surface area is 108 Å². The number of rotatable bonds is 5. The van der Waals surface area contributed by atoms with E-state index in [1.165, 1.54) is 0 Å². The van der Waals surface area contributed by atoms with Crippen molar-refractivity contribution in [2.24, 2.45) is 5.92 Å². The van der Waals surface area contributed by atoms with Gasteiger partial charge in [-0.2, -0.15) is 0 Å². The fourth-order valence-corrected chi connectivity index (χ4v) is 1.99. The van der Waals surface area contributed by atoms with Gasteiger partial charge < -0.3 is 19.7 Å². The number of nitrogens with one attached hydrogen (secondary N) is 1. The molecule has 6 nitrogen and oxygen atoms in total. The Balaban J connectivity index is 2.38. The van der Waals surface area contributed by atoms with Gasteiger partial charge in [0.1, 0.15) is 0 Å². The highest BCUT2D eigenvalue weighted by atomic mass is 16.5. The standard InChI is InChI=1S/C12H22N2O4/c1-3-18-11(15)10-5-4-7-14(9-10)12(16)13-6-8-17-2/h10H,3-9H2,1-2H3,(H,13,16). The molecule has 1 fully saturated rings. The average Bonchev–Trinajstić information content (AvgIpc) is 2.39. The van der Waals surface area contributed by atoms with E-state index in [4.69, 9.17) is 9.47 Å². The van der Waals surface area contributed by atoms with E-state index in [2.05, 4.69) is 5.32 Å². The minimum Gasteiger partial charge on any atom is -0.466 e. The summed E-state index contributed by atoms with van der Waals surface area (Å²) in [5.41, 5.74) is 0. The number of carbonyl (C=O) groups excluding carboxylic acids is 2. The number of urea groups is 1. The van der Waals surface area contributed by atoms with Gasteiger partial charge in [-0.1, -0.05) is 0 Å². The third-order valence-electron chi connectivity index (χ3n) is 2.91. The summed E-state index contributed by atoms with van der Waals surface area (Å²) in [6, 6.07) is -0.138. The first-order valence-electron chi connectivity index (χ1n) is 6.37. The highest BCUT2D eigenvalue weighted by molar-refractivity contribution is 5.77. The largest absolute Gasteiger partial charge is 0.466 e. The van der Waals surface area contributed by atoms with Gasteiger partial charge in [0.15, 0.2) is 0 Å². The summed E-state index contributed by atoms with van der Waals surface area (Å²) in [5, 5.41) is 2.75. The second-order valence-corrected chi connectivity index (χ2v) is 4.26. The predicted octanol–water partition coefficient (Wildman–Crippen LogP) is 0.617. The molecule has 1 rings (SSSR count). The van der Waals surface area contributed by atoms with Crippen molar-refractivity contribution in [3.63, 3.8) is 0 Å². The summed E-state index contributed by atoms with van der Waals surface area (Å²) in [6.45, 7) is 4.27. The number of esters is 1. The van der Waals surface area contributed by atoms with Crippen LogP contribution in [-0.2, 0) is 14.3 Å². The number of carbonyl (C=O) groups is 2. The van der Waals surface area contributed by atoms with Crippen molar-refractivity contribution in [1.82, 2.24) is 10.2 Å². The third-order valence-corrected chi connectivity index (χ3v) is 2.91. The number of methoxy groups -OCH3 is 1. The van der Waals surface area contributed by atoms with Gasteiger partial charge in [-0.15, -0.1) is 0 Å². The van der Waals surface area contributed by atoms with Gasteiger partial charge >= 0.3 is 12.0 Å². The van der Waals surface area contributed by atoms with Crippen molar-refractivity contribution in [3.8, 4) is 0 Å². The maximum atomic E-state index is 11.8. The smallest absolute Gasteiger partial charge is 0.317 e. The molecule has 1 unspecified atom stereocenters. The van der Waals surface area contributed by atoms with Crippen molar-refractivity contribution in [2.45, 2.75) is 19.8 Å². The molecule has 1 aliphatic rings. The van der Waals surface area contributed by atoms with Crippen LogP contribution >= 0.6 is 0 Å². The maximum Gasteiger partial charge on any atom is 0.317 e. The Morgan fingerprint density at radius 3 is 2.89 bits per heavy atom. The lowest BCUT2D eigenvalue weighted by Gasteiger charge is -2.31. The summed E-state index contributed by atoms with van der Waals surface area (Å²) in [4.78, 5) is 25.1. The van der Waals surface area contributed by atoms with Gasteiger partial charge in [0.05, 0.1) is 19.1 Å². The molecule has 0 radical (unpaired) electrons. The van der Waals surface area contributed by atoms with E-state index in [1.54, 1.807) is 18.9 Å². The Hall–Kier alpha value is -1.30. The van der Waals surface area contributed by atoms with Gasteiger partial charge in [-0.05, 0) is 19.8 Å². The average molecular weight is 258 g/mol. The van der Waals surface area contributed by atoms with Crippen LogP contribution in [0.25, 0.3) is 0 Å². The summed E-state index contributed by atoms with van der Waals surface area (Å²) < 4.78 is 9.85. The molecule has 1 saturated heterocycles. The molecule has 0 aromatic carbocycles. The Kier molecular flexibility index (Phi) is 6.49. The molecular weight excluding hydrogens is 236 g/mol. The highest BCUT2D eigenvalue weighted by Crippen LogP contribution is 2.17. The molecule has 1 heterocycles. The third kappa shape index (κ3) is 4.52. The zero-order chi connectivity index (χ0) is 13.4. The lowest BCUT2D eigenvalue weighted by Crippen LogP contribution is -2.47. The van der Waals surface area contributed by atoms with Gasteiger partial charge in [0.2, 0.25) is 0 Å². The SMILES string of the molecule is CCOC(=O)C1CCCN(C(=O)NCCOC)C1. The molecule has 1 N–H and O–H groups in total. The molecule has 6 heteroatoms. The topological polar surface area (TPSA) is 67.9 Å². The van der Waals surface area contributed by atoms with E-state index in [0.717, 1.165) is 12.8 Å². The first-order chi connectivity index (χ1) is 8.69. The molecule has 1 atom stereocenters. The molecule has 18 heavy (non-hydrogen) atoms. The molecule has 0 spiro atoms. The van der Waals surface area contributed by atoms with Crippen molar-refractivity contribution < 1.29 is 19.1 Å². The molecule has 2 amide bonds. The Morgan fingerprint density at radius 1 is 1.44 bits per heavy atom. The van der Waals surface area contributed by atoms with Crippen molar-refractivity contribution in [3.05, 3.63) is 0 Å². The van der Waals surface area contributed by atoms with E-state index in [0.29, 0.717) is 32.8 Å². The van der Waals surface area contributed by atoms with Gasteiger partial charge in [-0.3, -0.25) is 4.79 Å². The molecule has 1 aliphatic heterocycles. The number of hydrogen-bond acceptors (Lipinski definition) is 4. The molecule has 0 aliphatic carbocycles.